The van der Waals surface area contributed by atoms with Gasteiger partial charge in [-0.1, -0.05) is 41.4 Å². The van der Waals surface area contributed by atoms with Crippen molar-refractivity contribution in [2.75, 3.05) is 60.0 Å². The van der Waals surface area contributed by atoms with E-state index < -0.39 is 0 Å². The second-order valence-electron chi connectivity index (χ2n) is 8.58. The van der Waals surface area contributed by atoms with E-state index in [1.54, 1.807) is 32.3 Å². The Hall–Kier alpha value is -2.61. The second-order valence-corrected chi connectivity index (χ2v) is 9.01. The van der Waals surface area contributed by atoms with Crippen molar-refractivity contribution in [3.05, 3.63) is 64.2 Å². The summed E-state index contributed by atoms with van der Waals surface area (Å²) in [6.07, 6.45) is 0. The molecule has 3 rings (SSSR count). The molecule has 33 heavy (non-hydrogen) atoms. The number of amides is 2. The molecule has 0 radical (unpaired) electrons. The Balaban J connectivity index is 1.43. The van der Waals surface area contributed by atoms with Crippen molar-refractivity contribution in [3.8, 4) is 5.75 Å². The lowest BCUT2D eigenvalue weighted by Crippen LogP contribution is -2.48. The highest BCUT2D eigenvalue weighted by atomic mass is 35.5. The van der Waals surface area contributed by atoms with Crippen LogP contribution in [-0.4, -0.2) is 86.5 Å². The third-order valence-corrected chi connectivity index (χ3v) is 5.98. The molecule has 0 unspecified atom stereocenters. The largest absolute Gasteiger partial charge is 0.483 e. The molecule has 2 aromatic rings. The van der Waals surface area contributed by atoms with Crippen LogP contribution in [0.3, 0.4) is 0 Å². The van der Waals surface area contributed by atoms with Gasteiger partial charge in [-0.3, -0.25) is 19.4 Å². The molecule has 0 bridgehead atoms. The number of nitrogens with one attached hydrogen (secondary N) is 1. The van der Waals surface area contributed by atoms with Crippen LogP contribution in [0.2, 0.25) is 5.02 Å². The minimum atomic E-state index is -0.239. The highest BCUT2D eigenvalue weighted by Crippen LogP contribution is 2.23. The van der Waals surface area contributed by atoms with Gasteiger partial charge in [-0.15, -0.1) is 0 Å². The first-order valence-corrected chi connectivity index (χ1v) is 11.6. The number of carbonyl (C=O) groups excluding carboxylic acids is 2. The quantitative estimate of drug-likeness (QED) is 0.608. The first-order valence-electron chi connectivity index (χ1n) is 11.2. The van der Waals surface area contributed by atoms with Crippen molar-refractivity contribution in [2.45, 2.75) is 13.5 Å². The molecule has 1 aliphatic heterocycles. The average Bonchev–Trinajstić information content (AvgIpc) is 2.80. The molecule has 178 valence electrons. The standard InChI is InChI=1S/C25H33ClN4O3/c1-19-4-6-20(7-5-19)17-30-14-12-29(13-15-30)11-10-27-25(32)22-9-8-21(26)16-23(22)33-18-24(31)28(2)3/h4-9,16H,10-15,17-18H2,1-3H3,(H,27,32). The van der Waals surface area contributed by atoms with Gasteiger partial charge in [0.15, 0.2) is 6.61 Å². The first-order chi connectivity index (χ1) is 15.8. The number of aryl methyl sites for hydroxylation is 1. The van der Waals surface area contributed by atoms with E-state index in [9.17, 15) is 9.59 Å². The van der Waals surface area contributed by atoms with E-state index >= 15 is 0 Å². The van der Waals surface area contributed by atoms with Crippen molar-refractivity contribution >= 4 is 23.4 Å². The topological polar surface area (TPSA) is 65.1 Å². The molecule has 0 aliphatic carbocycles. The summed E-state index contributed by atoms with van der Waals surface area (Å²) in [6.45, 7) is 8.22. The zero-order chi connectivity index (χ0) is 23.8. The fourth-order valence-corrected chi connectivity index (χ4v) is 3.78. The number of benzene rings is 2. The third kappa shape index (κ3) is 7.74. The van der Waals surface area contributed by atoms with Crippen LogP contribution < -0.4 is 10.1 Å². The summed E-state index contributed by atoms with van der Waals surface area (Å²) in [4.78, 5) is 30.8. The highest BCUT2D eigenvalue weighted by molar-refractivity contribution is 6.30. The summed E-state index contributed by atoms with van der Waals surface area (Å²) in [7, 11) is 3.30. The number of likely N-dealkylation sites (N-methyl/N-ethyl adjacent to an activating group) is 1. The van der Waals surface area contributed by atoms with E-state index in [0.29, 0.717) is 22.9 Å². The van der Waals surface area contributed by atoms with Crippen LogP contribution in [0.5, 0.6) is 5.75 Å². The number of hydrogen-bond acceptors (Lipinski definition) is 5. The van der Waals surface area contributed by atoms with Crippen molar-refractivity contribution < 1.29 is 14.3 Å². The maximum atomic E-state index is 12.7. The summed E-state index contributed by atoms with van der Waals surface area (Å²) in [5.41, 5.74) is 2.99. The number of ether oxygens (including phenoxy) is 1. The lowest BCUT2D eigenvalue weighted by atomic mass is 10.1. The van der Waals surface area contributed by atoms with Crippen molar-refractivity contribution in [2.24, 2.45) is 0 Å². The van der Waals surface area contributed by atoms with E-state index in [-0.39, 0.29) is 18.4 Å². The molecule has 1 heterocycles. The number of halogens is 1. The molecule has 1 aliphatic rings. The smallest absolute Gasteiger partial charge is 0.259 e. The molecule has 2 amide bonds. The minimum absolute atomic E-state index is 0.152. The molecule has 1 fully saturated rings. The van der Waals surface area contributed by atoms with Crippen LogP contribution >= 0.6 is 11.6 Å². The maximum absolute atomic E-state index is 12.7. The number of rotatable bonds is 9. The van der Waals surface area contributed by atoms with Gasteiger partial charge >= 0.3 is 0 Å². The Morgan fingerprint density at radius 2 is 1.70 bits per heavy atom. The number of hydrogen-bond donors (Lipinski definition) is 1. The molecule has 0 aromatic heterocycles. The van der Waals surface area contributed by atoms with E-state index in [1.165, 1.54) is 16.0 Å². The maximum Gasteiger partial charge on any atom is 0.259 e. The predicted molar refractivity (Wildman–Crippen MR) is 131 cm³/mol. The number of nitrogens with zero attached hydrogens (tertiary/aromatic N) is 3. The van der Waals surface area contributed by atoms with Gasteiger partial charge in [-0.2, -0.15) is 0 Å². The predicted octanol–water partition coefficient (Wildman–Crippen LogP) is 2.66. The summed E-state index contributed by atoms with van der Waals surface area (Å²) in [5, 5.41) is 3.41. The molecular weight excluding hydrogens is 440 g/mol. The fourth-order valence-electron chi connectivity index (χ4n) is 3.62. The summed E-state index contributed by atoms with van der Waals surface area (Å²) in [6, 6.07) is 13.5. The highest BCUT2D eigenvalue weighted by Gasteiger charge is 2.18. The van der Waals surface area contributed by atoms with Crippen molar-refractivity contribution in [3.63, 3.8) is 0 Å². The molecule has 7 nitrogen and oxygen atoms in total. The van der Waals surface area contributed by atoms with Gasteiger partial charge in [0.05, 0.1) is 5.56 Å². The molecule has 0 saturated carbocycles. The normalized spacial score (nSPS) is 14.7. The van der Waals surface area contributed by atoms with Gasteiger partial charge in [-0.25, -0.2) is 0 Å². The lowest BCUT2D eigenvalue weighted by molar-refractivity contribution is -0.130. The molecule has 0 atom stereocenters. The van der Waals surface area contributed by atoms with Gasteiger partial charge in [-0.05, 0) is 30.7 Å². The Bertz CT molecular complexity index is 941. The van der Waals surface area contributed by atoms with Crippen LogP contribution in [0, 0.1) is 6.92 Å². The monoisotopic (exact) mass is 472 g/mol. The van der Waals surface area contributed by atoms with E-state index in [1.807, 2.05) is 0 Å². The Morgan fingerprint density at radius 3 is 2.36 bits per heavy atom. The van der Waals surface area contributed by atoms with Crippen molar-refractivity contribution in [1.82, 2.24) is 20.0 Å². The number of carbonyl (C=O) groups is 2. The molecule has 1 N–H and O–H groups in total. The van der Waals surface area contributed by atoms with Gasteiger partial charge < -0.3 is 15.0 Å². The molecule has 0 spiro atoms. The lowest BCUT2D eigenvalue weighted by Gasteiger charge is -2.34. The Kier molecular flexibility index (Phi) is 9.11. The van der Waals surface area contributed by atoms with Gasteiger partial charge in [0.25, 0.3) is 11.8 Å². The van der Waals surface area contributed by atoms with Gasteiger partial charge in [0, 0.05) is 64.9 Å². The summed E-state index contributed by atoms with van der Waals surface area (Å²) < 4.78 is 5.57. The van der Waals surface area contributed by atoms with Crippen LogP contribution in [-0.2, 0) is 11.3 Å². The summed E-state index contributed by atoms with van der Waals surface area (Å²) in [5.74, 6) is -0.125. The zero-order valence-electron chi connectivity index (χ0n) is 19.6. The summed E-state index contributed by atoms with van der Waals surface area (Å²) >= 11 is 6.06. The van der Waals surface area contributed by atoms with Crippen LogP contribution in [0.4, 0.5) is 0 Å². The SMILES string of the molecule is Cc1ccc(CN2CCN(CCNC(=O)c3ccc(Cl)cc3OCC(=O)N(C)C)CC2)cc1. The Labute approximate surface area is 201 Å². The van der Waals surface area contributed by atoms with Crippen LogP contribution in [0.25, 0.3) is 0 Å². The van der Waals surface area contributed by atoms with Crippen LogP contribution in [0.1, 0.15) is 21.5 Å². The minimum Gasteiger partial charge on any atom is -0.483 e. The molecule has 1 saturated heterocycles. The Morgan fingerprint density at radius 1 is 1.03 bits per heavy atom. The fraction of sp³-hybridized carbons (Fsp3) is 0.440. The van der Waals surface area contributed by atoms with Gasteiger partial charge in [0.2, 0.25) is 0 Å². The van der Waals surface area contributed by atoms with E-state index in [2.05, 4.69) is 46.3 Å². The van der Waals surface area contributed by atoms with E-state index in [0.717, 1.165) is 39.3 Å². The van der Waals surface area contributed by atoms with Crippen LogP contribution in [0.15, 0.2) is 42.5 Å². The molecular formula is C25H33ClN4O3. The third-order valence-electron chi connectivity index (χ3n) is 5.74. The van der Waals surface area contributed by atoms with Crippen molar-refractivity contribution in [1.29, 1.82) is 0 Å². The first kappa shape index (κ1) is 25.0. The average molecular weight is 473 g/mol. The van der Waals surface area contributed by atoms with Gasteiger partial charge in [0.1, 0.15) is 5.75 Å². The zero-order valence-corrected chi connectivity index (χ0v) is 20.4. The molecule has 8 heteroatoms. The molecule has 2 aromatic carbocycles. The van der Waals surface area contributed by atoms with E-state index in [4.69, 9.17) is 16.3 Å². The number of piperazine rings is 1. The second kappa shape index (κ2) is 12.0.